The molecule has 0 saturated heterocycles. The van der Waals surface area contributed by atoms with Crippen LogP contribution < -0.4 is 15.4 Å². The van der Waals surface area contributed by atoms with Crippen molar-refractivity contribution in [2.45, 2.75) is 20.4 Å². The number of hydrogen-bond acceptors (Lipinski definition) is 6. The van der Waals surface area contributed by atoms with Crippen LogP contribution in [0.2, 0.25) is 0 Å². The van der Waals surface area contributed by atoms with E-state index in [2.05, 4.69) is 25.6 Å². The molecule has 2 N–H and O–H groups in total. The van der Waals surface area contributed by atoms with E-state index in [9.17, 15) is 4.79 Å². The van der Waals surface area contributed by atoms with Crippen molar-refractivity contribution in [1.82, 2.24) is 19.7 Å². The Morgan fingerprint density at radius 1 is 1.18 bits per heavy atom. The van der Waals surface area contributed by atoms with Crippen LogP contribution in [0.1, 0.15) is 28.4 Å². The predicted octanol–water partition coefficient (Wildman–Crippen LogP) is 4.78. The Balaban J connectivity index is 1.45. The van der Waals surface area contributed by atoms with Crippen LogP contribution in [0.5, 0.6) is 11.5 Å². The summed E-state index contributed by atoms with van der Waals surface area (Å²) in [6.07, 6.45) is 10.8. The molecule has 0 atom stereocenters. The van der Waals surface area contributed by atoms with Gasteiger partial charge in [-0.25, -0.2) is 9.97 Å². The molecule has 0 aliphatic rings. The molecule has 0 aliphatic heterocycles. The van der Waals surface area contributed by atoms with Crippen molar-refractivity contribution in [3.63, 3.8) is 0 Å². The smallest absolute Gasteiger partial charge is 0.251 e. The van der Waals surface area contributed by atoms with Gasteiger partial charge in [0.2, 0.25) is 0 Å². The Kier molecular flexibility index (Phi) is 6.98. The Labute approximate surface area is 198 Å². The van der Waals surface area contributed by atoms with Crippen LogP contribution in [0.4, 0.5) is 5.82 Å². The minimum Gasteiger partial charge on any atom is -0.457 e. The molecule has 4 rings (SSSR count). The molecule has 3 heterocycles. The molecule has 0 unspecified atom stereocenters. The van der Waals surface area contributed by atoms with Crippen molar-refractivity contribution in [3.8, 4) is 11.5 Å². The number of pyridine rings is 2. The number of aliphatic imine (C=N–C) groups is 1. The third kappa shape index (κ3) is 5.47. The second kappa shape index (κ2) is 10.4. The van der Waals surface area contributed by atoms with Gasteiger partial charge in [0.15, 0.2) is 0 Å². The quantitative estimate of drug-likeness (QED) is 0.374. The number of ether oxygens (including phenoxy) is 1. The van der Waals surface area contributed by atoms with Gasteiger partial charge in [-0.05, 0) is 49.8 Å². The van der Waals surface area contributed by atoms with Crippen LogP contribution >= 0.6 is 0 Å². The molecular formula is C26H26N6O2. The minimum atomic E-state index is -0.163. The number of imidazole rings is 1. The number of fused-ring (bicyclic) bond motifs is 1. The number of carbonyl (C=O) groups is 1. The largest absolute Gasteiger partial charge is 0.457 e. The maximum Gasteiger partial charge on any atom is 0.251 e. The lowest BCUT2D eigenvalue weighted by atomic mass is 10.1. The number of allylic oxidation sites excluding steroid dienone is 2. The molecule has 8 nitrogen and oxygen atoms in total. The normalized spacial score (nSPS) is 11.7. The van der Waals surface area contributed by atoms with Crippen LogP contribution in [0.3, 0.4) is 0 Å². The van der Waals surface area contributed by atoms with E-state index in [4.69, 9.17) is 4.74 Å². The highest BCUT2D eigenvalue weighted by Gasteiger charge is 2.13. The first-order chi connectivity index (χ1) is 16.5. The number of aromatic nitrogens is 3. The molecule has 1 amide bonds. The highest BCUT2D eigenvalue weighted by molar-refractivity contribution is 5.96. The van der Waals surface area contributed by atoms with Gasteiger partial charge < -0.3 is 19.8 Å². The molecule has 8 heteroatoms. The standard InChI is InChI=1S/C26H26N6O2/c1-18(9-11-27-3)31-24-15-21(10-12-28-24)34-23-6-4-5-22(19(23)2)26(33)30-16-20-7-8-25-29-13-14-32(25)17-20/h4-15,17H,16H2,1-3H3,(H,28,31)(H,30,33)/b18-9+,27-11?. The second-order valence-corrected chi connectivity index (χ2v) is 7.70. The molecule has 3 aromatic heterocycles. The SMILES string of the molecule is CN=C/C=C(\C)Nc1cc(Oc2cccc(C(=O)NCc3ccc4nccn4c3)c2C)ccn1. The molecule has 0 radical (unpaired) electrons. The summed E-state index contributed by atoms with van der Waals surface area (Å²) in [6.45, 7) is 4.21. The third-order valence-electron chi connectivity index (χ3n) is 5.19. The number of anilines is 1. The highest BCUT2D eigenvalue weighted by Crippen LogP contribution is 2.28. The summed E-state index contributed by atoms with van der Waals surface area (Å²) < 4.78 is 8.01. The summed E-state index contributed by atoms with van der Waals surface area (Å²) >= 11 is 0. The van der Waals surface area contributed by atoms with E-state index in [0.29, 0.717) is 29.4 Å². The van der Waals surface area contributed by atoms with E-state index in [1.54, 1.807) is 43.9 Å². The van der Waals surface area contributed by atoms with E-state index in [1.165, 1.54) is 0 Å². The van der Waals surface area contributed by atoms with Crippen LogP contribution in [-0.2, 0) is 6.54 Å². The summed E-state index contributed by atoms with van der Waals surface area (Å²) in [5, 5.41) is 6.18. The highest BCUT2D eigenvalue weighted by atomic mass is 16.5. The molecular weight excluding hydrogens is 428 g/mol. The first kappa shape index (κ1) is 22.7. The second-order valence-electron chi connectivity index (χ2n) is 7.70. The molecule has 0 fully saturated rings. The van der Waals surface area contributed by atoms with E-state index < -0.39 is 0 Å². The Morgan fingerprint density at radius 3 is 2.91 bits per heavy atom. The molecule has 4 aromatic rings. The Bertz CT molecular complexity index is 1370. The summed E-state index contributed by atoms with van der Waals surface area (Å²) in [5.74, 6) is 1.71. The zero-order valence-corrected chi connectivity index (χ0v) is 19.3. The van der Waals surface area contributed by atoms with Crippen LogP contribution in [0, 0.1) is 6.92 Å². The van der Waals surface area contributed by atoms with E-state index in [0.717, 1.165) is 22.5 Å². The average molecular weight is 455 g/mol. The van der Waals surface area contributed by atoms with Crippen molar-refractivity contribution in [1.29, 1.82) is 0 Å². The molecule has 0 saturated carbocycles. The number of hydrogen-bond donors (Lipinski definition) is 2. The monoisotopic (exact) mass is 454 g/mol. The molecule has 34 heavy (non-hydrogen) atoms. The zero-order chi connectivity index (χ0) is 23.9. The predicted molar refractivity (Wildman–Crippen MR) is 134 cm³/mol. The molecule has 0 aliphatic carbocycles. The number of carbonyl (C=O) groups excluding carboxylic acids is 1. The van der Waals surface area contributed by atoms with Crippen molar-refractivity contribution in [3.05, 3.63) is 95.7 Å². The first-order valence-electron chi connectivity index (χ1n) is 10.8. The maximum atomic E-state index is 12.9. The van der Waals surface area contributed by atoms with Crippen molar-refractivity contribution in [2.75, 3.05) is 12.4 Å². The number of rotatable bonds is 8. The molecule has 0 bridgehead atoms. The average Bonchev–Trinajstić information content (AvgIpc) is 3.31. The van der Waals surface area contributed by atoms with E-state index in [-0.39, 0.29) is 5.91 Å². The van der Waals surface area contributed by atoms with Gasteiger partial charge in [0.05, 0.1) is 0 Å². The fraction of sp³-hybridized carbons (Fsp3) is 0.154. The van der Waals surface area contributed by atoms with Gasteiger partial charge in [-0.3, -0.25) is 9.79 Å². The van der Waals surface area contributed by atoms with Crippen LogP contribution in [0.25, 0.3) is 5.65 Å². The Hall–Kier alpha value is -4.46. The van der Waals surface area contributed by atoms with Gasteiger partial charge in [-0.1, -0.05) is 12.1 Å². The zero-order valence-electron chi connectivity index (χ0n) is 19.3. The van der Waals surface area contributed by atoms with E-state index in [1.807, 2.05) is 61.0 Å². The first-order valence-corrected chi connectivity index (χ1v) is 10.8. The molecule has 0 spiro atoms. The van der Waals surface area contributed by atoms with Crippen molar-refractivity contribution < 1.29 is 9.53 Å². The summed E-state index contributed by atoms with van der Waals surface area (Å²) in [7, 11) is 1.72. The molecule has 172 valence electrons. The number of amides is 1. The number of nitrogens with one attached hydrogen (secondary N) is 2. The van der Waals surface area contributed by atoms with Crippen LogP contribution in [-0.4, -0.2) is 33.5 Å². The van der Waals surface area contributed by atoms with Gasteiger partial charge in [-0.2, -0.15) is 0 Å². The topological polar surface area (TPSA) is 92.9 Å². The maximum absolute atomic E-state index is 12.9. The van der Waals surface area contributed by atoms with Crippen molar-refractivity contribution in [2.24, 2.45) is 4.99 Å². The van der Waals surface area contributed by atoms with Gasteiger partial charge in [-0.15, -0.1) is 0 Å². The fourth-order valence-corrected chi connectivity index (χ4v) is 3.42. The minimum absolute atomic E-state index is 0.163. The van der Waals surface area contributed by atoms with Gasteiger partial charge >= 0.3 is 0 Å². The lowest BCUT2D eigenvalue weighted by molar-refractivity contribution is 0.0950. The summed E-state index contributed by atoms with van der Waals surface area (Å²) in [5.41, 5.74) is 4.07. The fourth-order valence-electron chi connectivity index (χ4n) is 3.42. The number of nitrogens with zero attached hydrogens (tertiary/aromatic N) is 4. The number of benzene rings is 1. The van der Waals surface area contributed by atoms with Crippen molar-refractivity contribution >= 4 is 23.6 Å². The molecule has 1 aromatic carbocycles. The van der Waals surface area contributed by atoms with Gasteiger partial charge in [0.25, 0.3) is 5.91 Å². The lowest BCUT2D eigenvalue weighted by Gasteiger charge is -2.14. The summed E-state index contributed by atoms with van der Waals surface area (Å²) in [4.78, 5) is 25.4. The van der Waals surface area contributed by atoms with Gasteiger partial charge in [0, 0.05) is 67.5 Å². The van der Waals surface area contributed by atoms with Crippen LogP contribution in [0.15, 0.2) is 84.0 Å². The van der Waals surface area contributed by atoms with E-state index >= 15 is 0 Å². The lowest BCUT2D eigenvalue weighted by Crippen LogP contribution is -2.23. The third-order valence-corrected chi connectivity index (χ3v) is 5.19. The Morgan fingerprint density at radius 2 is 2.06 bits per heavy atom. The van der Waals surface area contributed by atoms with Gasteiger partial charge in [0.1, 0.15) is 23.0 Å². The summed E-state index contributed by atoms with van der Waals surface area (Å²) in [6, 6.07) is 12.9.